The molecule has 0 aromatic carbocycles. The van der Waals surface area contributed by atoms with Gasteiger partial charge in [0.15, 0.2) is 0 Å². The Kier molecular flexibility index (Phi) is 8.50. The molecule has 3 nitrogen and oxygen atoms in total. The molecule has 11 heavy (non-hydrogen) atoms. The predicted octanol–water partition coefficient (Wildman–Crippen LogP) is 0.0757. The Morgan fingerprint density at radius 1 is 1.64 bits per heavy atom. The van der Waals surface area contributed by atoms with Gasteiger partial charge >= 0.3 is 0 Å². The minimum Gasteiger partial charge on any atom is -0.390 e. The molecular weight excluding hydrogens is 162 g/mol. The smallest absolute Gasteiger partial charge is 0.0863 e. The maximum atomic E-state index is 9.22. The van der Waals surface area contributed by atoms with Crippen LogP contribution < -0.4 is 5.73 Å². The quantitative estimate of drug-likeness (QED) is 0.543. The van der Waals surface area contributed by atoms with Crippen LogP contribution in [0.5, 0.6) is 0 Å². The van der Waals surface area contributed by atoms with Crippen LogP contribution in [0.2, 0.25) is 0 Å². The molecule has 0 saturated heterocycles. The minimum absolute atomic E-state index is 0.341. The molecule has 0 aromatic rings. The van der Waals surface area contributed by atoms with E-state index in [-0.39, 0.29) is 6.10 Å². The van der Waals surface area contributed by atoms with E-state index in [1.807, 2.05) is 6.92 Å². The first-order valence-corrected chi connectivity index (χ1v) is 5.00. The lowest BCUT2D eigenvalue weighted by Gasteiger charge is -2.08. The van der Waals surface area contributed by atoms with Crippen molar-refractivity contribution < 1.29 is 9.84 Å². The second-order valence-electron chi connectivity index (χ2n) is 2.18. The molecule has 68 valence electrons. The maximum Gasteiger partial charge on any atom is 0.0863 e. The fraction of sp³-hybridized carbons (Fsp3) is 1.00. The van der Waals surface area contributed by atoms with Crippen molar-refractivity contribution in [3.8, 4) is 0 Å². The zero-order chi connectivity index (χ0) is 8.53. The van der Waals surface area contributed by atoms with E-state index in [9.17, 15) is 5.11 Å². The van der Waals surface area contributed by atoms with Gasteiger partial charge < -0.3 is 15.6 Å². The van der Waals surface area contributed by atoms with Crippen LogP contribution in [0, 0.1) is 0 Å². The molecule has 0 saturated carbocycles. The molecule has 0 aromatic heterocycles. The van der Waals surface area contributed by atoms with Crippen molar-refractivity contribution in [2.45, 2.75) is 13.0 Å². The van der Waals surface area contributed by atoms with E-state index >= 15 is 0 Å². The molecule has 0 spiro atoms. The normalized spacial score (nSPS) is 13.4. The number of hydrogen-bond acceptors (Lipinski definition) is 4. The predicted molar refractivity (Wildman–Crippen MR) is 48.9 cm³/mol. The number of nitrogens with two attached hydrogens (primary N) is 1. The SMILES string of the molecule is CCOCC(O)CSCCN. The number of aliphatic hydroxyl groups excluding tert-OH is 1. The number of hydrogen-bond donors (Lipinski definition) is 2. The highest BCUT2D eigenvalue weighted by Crippen LogP contribution is 2.01. The molecule has 3 N–H and O–H groups in total. The van der Waals surface area contributed by atoms with Gasteiger partial charge in [-0.3, -0.25) is 0 Å². The summed E-state index contributed by atoms with van der Waals surface area (Å²) in [5, 5.41) is 9.22. The van der Waals surface area contributed by atoms with Gasteiger partial charge in [-0.2, -0.15) is 11.8 Å². The van der Waals surface area contributed by atoms with Crippen LogP contribution in [0.25, 0.3) is 0 Å². The molecule has 0 aliphatic rings. The van der Waals surface area contributed by atoms with E-state index in [2.05, 4.69) is 0 Å². The Labute approximate surface area is 72.3 Å². The number of aliphatic hydroxyl groups is 1. The third kappa shape index (κ3) is 8.13. The van der Waals surface area contributed by atoms with Crippen LogP contribution in [0.15, 0.2) is 0 Å². The van der Waals surface area contributed by atoms with Crippen LogP contribution in [0.4, 0.5) is 0 Å². The Morgan fingerprint density at radius 3 is 2.91 bits per heavy atom. The molecule has 1 unspecified atom stereocenters. The molecule has 0 aliphatic heterocycles. The lowest BCUT2D eigenvalue weighted by molar-refractivity contribution is 0.0551. The fourth-order valence-corrected chi connectivity index (χ4v) is 1.31. The lowest BCUT2D eigenvalue weighted by Crippen LogP contribution is -2.18. The third-order valence-electron chi connectivity index (χ3n) is 1.09. The second kappa shape index (κ2) is 8.33. The van der Waals surface area contributed by atoms with E-state index in [0.29, 0.717) is 19.8 Å². The van der Waals surface area contributed by atoms with Gasteiger partial charge in [0.2, 0.25) is 0 Å². The van der Waals surface area contributed by atoms with Gasteiger partial charge in [-0.25, -0.2) is 0 Å². The summed E-state index contributed by atoms with van der Waals surface area (Å²) < 4.78 is 5.03. The molecular formula is C7H17NO2S. The molecule has 0 fully saturated rings. The monoisotopic (exact) mass is 179 g/mol. The van der Waals surface area contributed by atoms with Crippen LogP contribution in [0.1, 0.15) is 6.92 Å². The van der Waals surface area contributed by atoms with Crippen LogP contribution in [-0.4, -0.2) is 42.5 Å². The first-order valence-electron chi connectivity index (χ1n) is 3.84. The first-order chi connectivity index (χ1) is 5.31. The van der Waals surface area contributed by atoms with E-state index in [1.54, 1.807) is 11.8 Å². The molecule has 0 aliphatic carbocycles. The minimum atomic E-state index is -0.341. The van der Waals surface area contributed by atoms with Crippen molar-refractivity contribution in [1.29, 1.82) is 0 Å². The highest BCUT2D eigenvalue weighted by Gasteiger charge is 2.02. The summed E-state index contributed by atoms with van der Waals surface area (Å²) in [6.45, 7) is 3.69. The Hall–Kier alpha value is 0.230. The van der Waals surface area contributed by atoms with E-state index < -0.39 is 0 Å². The fourth-order valence-electron chi connectivity index (χ4n) is 0.605. The summed E-state index contributed by atoms with van der Waals surface area (Å²) in [4.78, 5) is 0. The summed E-state index contributed by atoms with van der Waals surface area (Å²) in [6, 6.07) is 0. The Morgan fingerprint density at radius 2 is 2.36 bits per heavy atom. The molecule has 0 bridgehead atoms. The highest BCUT2D eigenvalue weighted by atomic mass is 32.2. The molecule has 0 rings (SSSR count). The van der Waals surface area contributed by atoms with E-state index in [1.165, 1.54) is 0 Å². The highest BCUT2D eigenvalue weighted by molar-refractivity contribution is 7.99. The van der Waals surface area contributed by atoms with Crippen molar-refractivity contribution in [3.05, 3.63) is 0 Å². The molecule has 0 radical (unpaired) electrons. The lowest BCUT2D eigenvalue weighted by atomic mass is 10.4. The zero-order valence-corrected chi connectivity index (χ0v) is 7.77. The standard InChI is InChI=1S/C7H17NO2S/c1-2-10-5-7(9)6-11-4-3-8/h7,9H,2-6,8H2,1H3. The largest absolute Gasteiger partial charge is 0.390 e. The third-order valence-corrected chi connectivity index (χ3v) is 2.23. The number of rotatable bonds is 7. The van der Waals surface area contributed by atoms with Crippen LogP contribution >= 0.6 is 11.8 Å². The summed E-state index contributed by atoms with van der Waals surface area (Å²) in [6.07, 6.45) is -0.341. The summed E-state index contributed by atoms with van der Waals surface area (Å²) in [7, 11) is 0. The average molecular weight is 179 g/mol. The second-order valence-corrected chi connectivity index (χ2v) is 3.33. The molecule has 0 heterocycles. The van der Waals surface area contributed by atoms with Gasteiger partial charge in [0.25, 0.3) is 0 Å². The summed E-state index contributed by atoms with van der Waals surface area (Å²) in [5.74, 6) is 1.63. The van der Waals surface area contributed by atoms with Gasteiger partial charge in [-0.15, -0.1) is 0 Å². The number of ether oxygens (including phenoxy) is 1. The van der Waals surface area contributed by atoms with Crippen LogP contribution in [-0.2, 0) is 4.74 Å². The maximum absolute atomic E-state index is 9.22. The molecule has 4 heteroatoms. The van der Waals surface area contributed by atoms with E-state index in [4.69, 9.17) is 10.5 Å². The van der Waals surface area contributed by atoms with Gasteiger partial charge in [-0.1, -0.05) is 0 Å². The van der Waals surface area contributed by atoms with Crippen molar-refractivity contribution >= 4 is 11.8 Å². The van der Waals surface area contributed by atoms with E-state index in [0.717, 1.165) is 11.5 Å². The summed E-state index contributed by atoms with van der Waals surface area (Å²) >= 11 is 1.66. The van der Waals surface area contributed by atoms with Gasteiger partial charge in [0, 0.05) is 24.7 Å². The Bertz CT molecular complexity index is 82.8. The Balaban J connectivity index is 3.02. The van der Waals surface area contributed by atoms with Crippen molar-refractivity contribution in [3.63, 3.8) is 0 Å². The van der Waals surface area contributed by atoms with Crippen molar-refractivity contribution in [2.75, 3.05) is 31.3 Å². The topological polar surface area (TPSA) is 55.5 Å². The van der Waals surface area contributed by atoms with Crippen LogP contribution in [0.3, 0.4) is 0 Å². The average Bonchev–Trinajstić information content (AvgIpc) is 2.01. The molecule has 1 atom stereocenters. The van der Waals surface area contributed by atoms with Gasteiger partial charge in [-0.05, 0) is 6.92 Å². The zero-order valence-electron chi connectivity index (χ0n) is 6.95. The van der Waals surface area contributed by atoms with Crippen molar-refractivity contribution in [2.24, 2.45) is 5.73 Å². The van der Waals surface area contributed by atoms with Gasteiger partial charge in [0.1, 0.15) is 0 Å². The molecule has 0 amide bonds. The summed E-state index contributed by atoms with van der Waals surface area (Å²) in [5.41, 5.74) is 5.28. The van der Waals surface area contributed by atoms with Gasteiger partial charge in [0.05, 0.1) is 12.7 Å². The first kappa shape index (κ1) is 11.2. The number of thioether (sulfide) groups is 1. The van der Waals surface area contributed by atoms with Crippen molar-refractivity contribution in [1.82, 2.24) is 0 Å².